The Morgan fingerprint density at radius 2 is 1.83 bits per heavy atom. The number of hydrogen-bond acceptors (Lipinski definition) is 4. The number of hydrogen-bond donors (Lipinski definition) is 0. The quantitative estimate of drug-likeness (QED) is 0.468. The fourth-order valence-corrected chi connectivity index (χ4v) is 2.60. The molecule has 18 heavy (non-hydrogen) atoms. The van der Waals surface area contributed by atoms with Crippen molar-refractivity contribution in [3.8, 4) is 0 Å². The van der Waals surface area contributed by atoms with Crippen molar-refractivity contribution in [2.24, 2.45) is 5.92 Å². The van der Waals surface area contributed by atoms with E-state index in [0.717, 1.165) is 13.2 Å². The third-order valence-electron chi connectivity index (χ3n) is 3.93. The monoisotopic (exact) mass is 258 g/mol. The first kappa shape index (κ1) is 14.3. The van der Waals surface area contributed by atoms with Gasteiger partial charge >= 0.3 is 0 Å². The van der Waals surface area contributed by atoms with Gasteiger partial charge in [-0.15, -0.1) is 0 Å². The summed E-state index contributed by atoms with van der Waals surface area (Å²) in [5.41, 5.74) is 0.221. The molecule has 0 aromatic carbocycles. The van der Waals surface area contributed by atoms with E-state index in [4.69, 9.17) is 18.9 Å². The van der Waals surface area contributed by atoms with E-state index in [0.29, 0.717) is 38.4 Å². The van der Waals surface area contributed by atoms with Gasteiger partial charge in [0.1, 0.15) is 0 Å². The minimum absolute atomic E-state index is 0.221. The van der Waals surface area contributed by atoms with Crippen LogP contribution in [0.3, 0.4) is 0 Å². The smallest absolute Gasteiger partial charge is 0.0920 e. The first-order valence-corrected chi connectivity index (χ1v) is 7.15. The van der Waals surface area contributed by atoms with Gasteiger partial charge in [-0.3, -0.25) is 0 Å². The van der Waals surface area contributed by atoms with Crippen molar-refractivity contribution in [1.29, 1.82) is 0 Å². The molecule has 0 amide bonds. The Hall–Kier alpha value is -0.160. The third kappa shape index (κ3) is 4.19. The van der Waals surface area contributed by atoms with E-state index >= 15 is 0 Å². The van der Waals surface area contributed by atoms with E-state index < -0.39 is 0 Å². The van der Waals surface area contributed by atoms with E-state index in [1.165, 1.54) is 19.3 Å². The minimum atomic E-state index is 0.221. The predicted molar refractivity (Wildman–Crippen MR) is 68.8 cm³/mol. The molecule has 3 atom stereocenters. The van der Waals surface area contributed by atoms with Crippen molar-refractivity contribution >= 4 is 0 Å². The topological polar surface area (TPSA) is 40.2 Å². The maximum atomic E-state index is 5.68. The first-order valence-electron chi connectivity index (χ1n) is 7.15. The molecule has 2 aliphatic rings. The molecule has 0 aromatic heterocycles. The predicted octanol–water partition coefficient (Wildman–Crippen LogP) is 2.01. The standard InChI is InChI=1S/C14H26O4/c1-3-15-6-7-16-8-9-17-11-12-4-5-14(2)13(10-12)18-14/h12-13H,3-11H2,1-2H3. The number of ether oxygens (including phenoxy) is 4. The van der Waals surface area contributed by atoms with E-state index in [2.05, 4.69) is 6.92 Å². The Kier molecular flexibility index (Phi) is 5.42. The van der Waals surface area contributed by atoms with Gasteiger partial charge in [-0.05, 0) is 39.0 Å². The molecule has 4 heteroatoms. The first-order chi connectivity index (χ1) is 8.74. The minimum Gasteiger partial charge on any atom is -0.379 e. The van der Waals surface area contributed by atoms with Crippen LogP contribution < -0.4 is 0 Å². The molecule has 1 aliphatic heterocycles. The van der Waals surface area contributed by atoms with Gasteiger partial charge < -0.3 is 18.9 Å². The van der Waals surface area contributed by atoms with Gasteiger partial charge in [-0.25, -0.2) is 0 Å². The van der Waals surface area contributed by atoms with Crippen LogP contribution in [0.2, 0.25) is 0 Å². The van der Waals surface area contributed by atoms with Crippen LogP contribution >= 0.6 is 0 Å². The second-order valence-electron chi connectivity index (χ2n) is 5.44. The molecule has 0 N–H and O–H groups in total. The fourth-order valence-electron chi connectivity index (χ4n) is 2.60. The molecule has 1 saturated heterocycles. The highest BCUT2D eigenvalue weighted by Crippen LogP contribution is 2.49. The Balaban J connectivity index is 1.40. The summed E-state index contributed by atoms with van der Waals surface area (Å²) in [6.07, 6.45) is 4.10. The maximum Gasteiger partial charge on any atom is 0.0920 e. The van der Waals surface area contributed by atoms with Crippen LogP contribution in [0.4, 0.5) is 0 Å². The van der Waals surface area contributed by atoms with Crippen LogP contribution in [-0.4, -0.2) is 51.3 Å². The van der Waals surface area contributed by atoms with Gasteiger partial charge in [0.15, 0.2) is 0 Å². The Labute approximate surface area is 110 Å². The van der Waals surface area contributed by atoms with Crippen molar-refractivity contribution in [2.45, 2.75) is 44.8 Å². The zero-order chi connectivity index (χ0) is 12.8. The zero-order valence-corrected chi connectivity index (χ0v) is 11.7. The molecule has 1 aliphatic carbocycles. The summed E-state index contributed by atoms with van der Waals surface area (Å²) in [4.78, 5) is 0. The van der Waals surface area contributed by atoms with Gasteiger partial charge in [0.2, 0.25) is 0 Å². The van der Waals surface area contributed by atoms with Crippen LogP contribution in [0, 0.1) is 5.92 Å². The summed E-state index contributed by atoms with van der Waals surface area (Å²) >= 11 is 0. The lowest BCUT2D eigenvalue weighted by atomic mass is 9.83. The molecule has 0 spiro atoms. The van der Waals surface area contributed by atoms with Crippen LogP contribution in [-0.2, 0) is 18.9 Å². The molecular weight excluding hydrogens is 232 g/mol. The molecule has 4 nitrogen and oxygen atoms in total. The van der Waals surface area contributed by atoms with Gasteiger partial charge in [-0.2, -0.15) is 0 Å². The molecule has 3 unspecified atom stereocenters. The number of epoxide rings is 1. The highest BCUT2D eigenvalue weighted by molar-refractivity contribution is 5.03. The lowest BCUT2D eigenvalue weighted by Gasteiger charge is -2.22. The third-order valence-corrected chi connectivity index (χ3v) is 3.93. The molecule has 0 aromatic rings. The van der Waals surface area contributed by atoms with E-state index in [9.17, 15) is 0 Å². The van der Waals surface area contributed by atoms with Gasteiger partial charge in [-0.1, -0.05) is 0 Å². The highest BCUT2D eigenvalue weighted by Gasteiger charge is 2.55. The second-order valence-corrected chi connectivity index (χ2v) is 5.44. The number of rotatable bonds is 9. The summed E-state index contributed by atoms with van der Waals surface area (Å²) < 4.78 is 21.9. The van der Waals surface area contributed by atoms with Gasteiger partial charge in [0.25, 0.3) is 0 Å². The van der Waals surface area contributed by atoms with Gasteiger partial charge in [0.05, 0.1) is 38.1 Å². The summed E-state index contributed by atoms with van der Waals surface area (Å²) in [6.45, 7) is 8.51. The van der Waals surface area contributed by atoms with Crippen LogP contribution in [0.1, 0.15) is 33.1 Å². The summed E-state index contributed by atoms with van der Waals surface area (Å²) in [5.74, 6) is 0.675. The molecule has 106 valence electrons. The molecule has 2 fully saturated rings. The summed E-state index contributed by atoms with van der Waals surface area (Å²) in [7, 11) is 0. The Bertz CT molecular complexity index is 246. The average Bonchev–Trinajstić information content (AvgIpc) is 3.03. The Morgan fingerprint density at radius 3 is 2.56 bits per heavy atom. The molecule has 1 saturated carbocycles. The van der Waals surface area contributed by atoms with E-state index in [-0.39, 0.29) is 5.60 Å². The van der Waals surface area contributed by atoms with E-state index in [1.54, 1.807) is 0 Å². The molecule has 0 radical (unpaired) electrons. The lowest BCUT2D eigenvalue weighted by molar-refractivity contribution is 0.00641. The summed E-state index contributed by atoms with van der Waals surface area (Å²) in [5, 5.41) is 0. The highest BCUT2D eigenvalue weighted by atomic mass is 16.6. The van der Waals surface area contributed by atoms with Crippen LogP contribution in [0.5, 0.6) is 0 Å². The van der Waals surface area contributed by atoms with Crippen molar-refractivity contribution in [1.82, 2.24) is 0 Å². The second kappa shape index (κ2) is 6.85. The Morgan fingerprint density at radius 1 is 1.11 bits per heavy atom. The van der Waals surface area contributed by atoms with Crippen LogP contribution in [0.15, 0.2) is 0 Å². The van der Waals surface area contributed by atoms with Crippen LogP contribution in [0.25, 0.3) is 0 Å². The van der Waals surface area contributed by atoms with Crippen molar-refractivity contribution < 1.29 is 18.9 Å². The average molecular weight is 258 g/mol. The van der Waals surface area contributed by atoms with Crippen molar-refractivity contribution in [2.75, 3.05) is 39.6 Å². The molecular formula is C14H26O4. The lowest BCUT2D eigenvalue weighted by Crippen LogP contribution is -2.24. The maximum absolute atomic E-state index is 5.68. The van der Waals surface area contributed by atoms with Gasteiger partial charge in [0, 0.05) is 13.2 Å². The molecule has 0 bridgehead atoms. The summed E-state index contributed by atoms with van der Waals surface area (Å²) in [6, 6.07) is 0. The fraction of sp³-hybridized carbons (Fsp3) is 1.00. The molecule has 2 rings (SSSR count). The number of fused-ring (bicyclic) bond motifs is 1. The molecule has 1 heterocycles. The SMILES string of the molecule is CCOCCOCCOCC1CCC2(C)OC2C1. The zero-order valence-electron chi connectivity index (χ0n) is 11.7. The normalized spacial score (nSPS) is 34.3. The van der Waals surface area contributed by atoms with Crippen molar-refractivity contribution in [3.05, 3.63) is 0 Å². The van der Waals surface area contributed by atoms with Crippen molar-refractivity contribution in [3.63, 3.8) is 0 Å². The largest absolute Gasteiger partial charge is 0.379 e. The van der Waals surface area contributed by atoms with E-state index in [1.807, 2.05) is 6.92 Å².